The Kier molecular flexibility index (Phi) is 6.87. The summed E-state index contributed by atoms with van der Waals surface area (Å²) in [5, 5.41) is 11.9. The van der Waals surface area contributed by atoms with Crippen LogP contribution in [0.4, 0.5) is 4.79 Å². The van der Waals surface area contributed by atoms with Gasteiger partial charge in [0.2, 0.25) is 5.75 Å². The molecule has 1 amide bonds. The van der Waals surface area contributed by atoms with E-state index in [1.165, 1.54) is 33.5 Å². The fourth-order valence-electron chi connectivity index (χ4n) is 2.44. The van der Waals surface area contributed by atoms with E-state index in [-0.39, 0.29) is 23.7 Å². The number of benzene rings is 2. The minimum absolute atomic E-state index is 0.0221. The molecular weight excluding hydrogens is 354 g/mol. The number of rotatable bonds is 8. The Morgan fingerprint density at radius 1 is 1.00 bits per heavy atom. The van der Waals surface area contributed by atoms with Crippen LogP contribution in [0.2, 0.25) is 0 Å². The normalized spacial score (nSPS) is 11.2. The molecule has 144 valence electrons. The van der Waals surface area contributed by atoms with Gasteiger partial charge in [0.15, 0.2) is 17.5 Å². The van der Waals surface area contributed by atoms with Gasteiger partial charge in [-0.25, -0.2) is 9.59 Å². The van der Waals surface area contributed by atoms with Gasteiger partial charge in [-0.15, -0.1) is 0 Å². The van der Waals surface area contributed by atoms with Crippen molar-refractivity contribution < 1.29 is 33.6 Å². The third-order valence-corrected chi connectivity index (χ3v) is 3.74. The van der Waals surface area contributed by atoms with Crippen molar-refractivity contribution in [2.24, 2.45) is 0 Å². The number of aliphatic carboxylic acids is 1. The molecule has 0 unspecified atom stereocenters. The molecule has 0 saturated heterocycles. The van der Waals surface area contributed by atoms with Gasteiger partial charge in [0.1, 0.15) is 6.61 Å². The molecule has 0 aromatic heterocycles. The smallest absolute Gasteiger partial charge is 0.408 e. The highest BCUT2D eigenvalue weighted by Crippen LogP contribution is 2.39. The zero-order chi connectivity index (χ0) is 19.8. The Hall–Kier alpha value is -3.42. The van der Waals surface area contributed by atoms with Gasteiger partial charge >= 0.3 is 12.1 Å². The third-order valence-electron chi connectivity index (χ3n) is 3.74. The first kappa shape index (κ1) is 19.9. The quantitative estimate of drug-likeness (QED) is 0.731. The number of methoxy groups -OCH3 is 3. The summed E-state index contributed by atoms with van der Waals surface area (Å²) in [7, 11) is 4.27. The first-order valence-corrected chi connectivity index (χ1v) is 8.00. The molecule has 0 bridgehead atoms. The maximum absolute atomic E-state index is 12.1. The molecule has 2 aromatic carbocycles. The molecule has 27 heavy (non-hydrogen) atoms. The average Bonchev–Trinajstić information content (AvgIpc) is 2.69. The highest BCUT2D eigenvalue weighted by atomic mass is 16.5. The Bertz CT molecular complexity index is 767. The summed E-state index contributed by atoms with van der Waals surface area (Å²) in [5.74, 6) is -0.393. The summed E-state index contributed by atoms with van der Waals surface area (Å²) in [6.07, 6.45) is -0.861. The van der Waals surface area contributed by atoms with E-state index in [1.54, 1.807) is 12.1 Å². The standard InChI is InChI=1S/C19H21NO7/c1-24-14-9-13(10-15(25-2)17(14)26-3)16(18(21)22)20-19(23)27-11-12-7-5-4-6-8-12/h4-10,16H,11H2,1-3H3,(H,20,23)(H,21,22)/t16-/m1/s1. The van der Waals surface area contributed by atoms with Gasteiger partial charge in [0, 0.05) is 0 Å². The van der Waals surface area contributed by atoms with Crippen LogP contribution in [0.25, 0.3) is 0 Å². The maximum Gasteiger partial charge on any atom is 0.408 e. The largest absolute Gasteiger partial charge is 0.493 e. The zero-order valence-electron chi connectivity index (χ0n) is 15.2. The lowest BCUT2D eigenvalue weighted by molar-refractivity contribution is -0.139. The lowest BCUT2D eigenvalue weighted by Gasteiger charge is -2.19. The Labute approximate surface area is 156 Å². The number of carbonyl (C=O) groups is 2. The lowest BCUT2D eigenvalue weighted by Crippen LogP contribution is -2.34. The van der Waals surface area contributed by atoms with Crippen molar-refractivity contribution in [3.8, 4) is 17.2 Å². The van der Waals surface area contributed by atoms with Crippen LogP contribution in [0.15, 0.2) is 42.5 Å². The molecule has 0 heterocycles. The van der Waals surface area contributed by atoms with Crippen LogP contribution in [0.3, 0.4) is 0 Å². The van der Waals surface area contributed by atoms with E-state index in [1.807, 2.05) is 18.2 Å². The molecule has 0 aliphatic heterocycles. The summed E-state index contributed by atoms with van der Waals surface area (Å²) in [5.41, 5.74) is 1.03. The number of hydrogen-bond acceptors (Lipinski definition) is 6. The van der Waals surface area contributed by atoms with Gasteiger partial charge in [0.25, 0.3) is 0 Å². The van der Waals surface area contributed by atoms with Gasteiger partial charge in [-0.1, -0.05) is 30.3 Å². The second-order valence-electron chi connectivity index (χ2n) is 5.44. The third kappa shape index (κ3) is 5.04. The van der Waals surface area contributed by atoms with Crippen molar-refractivity contribution in [2.75, 3.05) is 21.3 Å². The number of alkyl carbamates (subject to hydrolysis) is 1. The number of hydrogen-bond donors (Lipinski definition) is 2. The monoisotopic (exact) mass is 375 g/mol. The van der Waals surface area contributed by atoms with Gasteiger partial charge < -0.3 is 29.4 Å². The van der Waals surface area contributed by atoms with E-state index < -0.39 is 18.1 Å². The molecule has 0 aliphatic rings. The predicted molar refractivity (Wildman–Crippen MR) is 96.2 cm³/mol. The van der Waals surface area contributed by atoms with E-state index in [0.717, 1.165) is 5.56 Å². The van der Waals surface area contributed by atoms with E-state index in [9.17, 15) is 14.7 Å². The van der Waals surface area contributed by atoms with Crippen LogP contribution in [0.5, 0.6) is 17.2 Å². The summed E-state index contributed by atoms with van der Waals surface area (Å²) in [6, 6.07) is 10.6. The molecule has 0 saturated carbocycles. The van der Waals surface area contributed by atoms with Gasteiger partial charge in [-0.2, -0.15) is 0 Å². The molecule has 0 fully saturated rings. The number of carboxylic acids is 1. The topological polar surface area (TPSA) is 103 Å². The first-order valence-electron chi connectivity index (χ1n) is 8.00. The van der Waals surface area contributed by atoms with Crippen molar-refractivity contribution in [3.63, 3.8) is 0 Å². The molecule has 0 aliphatic carbocycles. The summed E-state index contributed by atoms with van der Waals surface area (Å²) in [6.45, 7) is 0.0221. The Morgan fingerprint density at radius 2 is 1.59 bits per heavy atom. The van der Waals surface area contributed by atoms with E-state index in [4.69, 9.17) is 18.9 Å². The van der Waals surface area contributed by atoms with Gasteiger partial charge in [-0.05, 0) is 23.3 Å². The van der Waals surface area contributed by atoms with Gasteiger partial charge in [-0.3, -0.25) is 0 Å². The number of carboxylic acid groups (broad SMARTS) is 1. The fourth-order valence-corrected chi connectivity index (χ4v) is 2.44. The van der Waals surface area contributed by atoms with Crippen molar-refractivity contribution in [2.45, 2.75) is 12.6 Å². The molecule has 8 heteroatoms. The van der Waals surface area contributed by atoms with Crippen LogP contribution in [0.1, 0.15) is 17.2 Å². The lowest BCUT2D eigenvalue weighted by atomic mass is 10.1. The van der Waals surface area contributed by atoms with Crippen LogP contribution >= 0.6 is 0 Å². The second kappa shape index (κ2) is 9.33. The van der Waals surface area contributed by atoms with Crippen molar-refractivity contribution in [1.82, 2.24) is 5.32 Å². The van der Waals surface area contributed by atoms with Gasteiger partial charge in [0.05, 0.1) is 21.3 Å². The molecule has 1 atom stereocenters. The number of ether oxygens (including phenoxy) is 4. The van der Waals surface area contributed by atoms with Crippen LogP contribution < -0.4 is 19.5 Å². The van der Waals surface area contributed by atoms with Crippen LogP contribution in [-0.2, 0) is 16.1 Å². The average molecular weight is 375 g/mol. The SMILES string of the molecule is COc1cc([C@@H](NC(=O)OCc2ccccc2)C(=O)O)cc(OC)c1OC. The summed E-state index contributed by atoms with van der Waals surface area (Å²) < 4.78 is 20.7. The number of amides is 1. The van der Waals surface area contributed by atoms with E-state index in [2.05, 4.69) is 5.32 Å². The molecule has 8 nitrogen and oxygen atoms in total. The maximum atomic E-state index is 12.1. The highest BCUT2D eigenvalue weighted by molar-refractivity contribution is 5.82. The number of nitrogens with one attached hydrogen (secondary N) is 1. The molecule has 2 rings (SSSR count). The minimum Gasteiger partial charge on any atom is -0.493 e. The van der Waals surface area contributed by atoms with Crippen molar-refractivity contribution >= 4 is 12.1 Å². The molecule has 2 aromatic rings. The van der Waals surface area contributed by atoms with Crippen LogP contribution in [-0.4, -0.2) is 38.5 Å². The molecular formula is C19H21NO7. The van der Waals surface area contributed by atoms with Crippen molar-refractivity contribution in [3.05, 3.63) is 53.6 Å². The Balaban J connectivity index is 2.19. The second-order valence-corrected chi connectivity index (χ2v) is 5.44. The van der Waals surface area contributed by atoms with Crippen LogP contribution in [0, 0.1) is 0 Å². The zero-order valence-corrected chi connectivity index (χ0v) is 15.2. The van der Waals surface area contributed by atoms with E-state index >= 15 is 0 Å². The number of carbonyl (C=O) groups excluding carboxylic acids is 1. The fraction of sp³-hybridized carbons (Fsp3) is 0.263. The summed E-state index contributed by atoms with van der Waals surface area (Å²) in [4.78, 5) is 23.7. The first-order chi connectivity index (χ1) is 13.0. The highest BCUT2D eigenvalue weighted by Gasteiger charge is 2.26. The molecule has 0 radical (unpaired) electrons. The van der Waals surface area contributed by atoms with Crippen molar-refractivity contribution in [1.29, 1.82) is 0 Å². The molecule has 0 spiro atoms. The van der Waals surface area contributed by atoms with E-state index in [0.29, 0.717) is 5.75 Å². The minimum atomic E-state index is -1.36. The Morgan fingerprint density at radius 3 is 2.07 bits per heavy atom. The summed E-state index contributed by atoms with van der Waals surface area (Å²) >= 11 is 0. The molecule has 2 N–H and O–H groups in total. The predicted octanol–water partition coefficient (Wildman–Crippen LogP) is 2.76.